The molecule has 1 aromatic heterocycles. The van der Waals surface area contributed by atoms with E-state index in [9.17, 15) is 9.59 Å². The fourth-order valence-corrected chi connectivity index (χ4v) is 2.45. The van der Waals surface area contributed by atoms with Crippen LogP contribution in [0.15, 0.2) is 48.7 Å². The predicted octanol–water partition coefficient (Wildman–Crippen LogP) is 2.03. The van der Waals surface area contributed by atoms with Crippen molar-refractivity contribution in [3.63, 3.8) is 0 Å². The minimum absolute atomic E-state index is 0.0721. The molecule has 1 fully saturated rings. The smallest absolute Gasteiger partial charge is 0.324 e. The van der Waals surface area contributed by atoms with E-state index in [1.54, 1.807) is 57.9 Å². The van der Waals surface area contributed by atoms with Crippen molar-refractivity contribution in [2.24, 2.45) is 0 Å². The normalized spacial score (nSPS) is 13.1. The van der Waals surface area contributed by atoms with Crippen molar-refractivity contribution in [3.05, 3.63) is 59.8 Å². The van der Waals surface area contributed by atoms with Crippen molar-refractivity contribution in [1.82, 2.24) is 15.4 Å². The van der Waals surface area contributed by atoms with Crippen LogP contribution < -0.4 is 10.4 Å². The molecule has 124 valence electrons. The molecular weight excluding hydrogens is 308 g/mol. The van der Waals surface area contributed by atoms with Crippen LogP contribution in [-0.4, -0.2) is 40.1 Å². The molecule has 0 radical (unpaired) electrons. The Labute approximate surface area is 139 Å². The van der Waals surface area contributed by atoms with Gasteiger partial charge >= 0.3 is 6.03 Å². The second-order valence-electron chi connectivity index (χ2n) is 5.54. The second kappa shape index (κ2) is 7.10. The molecule has 1 aromatic carbocycles. The summed E-state index contributed by atoms with van der Waals surface area (Å²) < 4.78 is 0. The molecule has 1 aliphatic rings. The summed E-state index contributed by atoms with van der Waals surface area (Å²) in [7, 11) is 0. The van der Waals surface area contributed by atoms with Crippen LogP contribution in [0.25, 0.3) is 0 Å². The van der Waals surface area contributed by atoms with E-state index in [1.165, 1.54) is 0 Å². The monoisotopic (exact) mass is 326 g/mol. The molecule has 7 nitrogen and oxygen atoms in total. The number of anilines is 1. The molecule has 1 aliphatic heterocycles. The molecule has 2 N–H and O–H groups in total. The molecule has 0 spiro atoms. The number of urea groups is 1. The molecule has 2 heterocycles. The summed E-state index contributed by atoms with van der Waals surface area (Å²) in [6.45, 7) is 1.88. The number of carbonyl (C=O) groups is 2. The molecule has 0 bridgehead atoms. The number of carbonyl (C=O) groups excluding carboxylic acids is 2. The Morgan fingerprint density at radius 2 is 1.92 bits per heavy atom. The van der Waals surface area contributed by atoms with E-state index in [0.717, 1.165) is 25.1 Å². The van der Waals surface area contributed by atoms with Gasteiger partial charge in [0.05, 0.1) is 6.54 Å². The summed E-state index contributed by atoms with van der Waals surface area (Å²) in [6, 6.07) is 12.1. The van der Waals surface area contributed by atoms with E-state index in [1.807, 2.05) is 6.07 Å². The van der Waals surface area contributed by atoms with E-state index in [-0.39, 0.29) is 6.03 Å². The Balaban J connectivity index is 1.81. The number of aromatic nitrogens is 1. The van der Waals surface area contributed by atoms with Crippen molar-refractivity contribution >= 4 is 17.8 Å². The summed E-state index contributed by atoms with van der Waals surface area (Å²) in [5.74, 6) is 0.0198. The molecule has 0 atom stereocenters. The number of hydroxylamine groups is 1. The standard InChI is InChI=1S/C17H18N4O3/c22-16(19-24)14-7-5-13(6-8-14)12-21(15-4-1-2-9-18-15)17(23)20-10-3-11-20/h1-2,4-9,24H,3,10-12H2,(H,19,22). The van der Waals surface area contributed by atoms with Crippen LogP contribution in [0.5, 0.6) is 0 Å². The van der Waals surface area contributed by atoms with Crippen LogP contribution in [0.2, 0.25) is 0 Å². The number of benzene rings is 1. The van der Waals surface area contributed by atoms with Gasteiger partial charge in [-0.2, -0.15) is 0 Å². The lowest BCUT2D eigenvalue weighted by Crippen LogP contribution is -2.49. The van der Waals surface area contributed by atoms with E-state index in [4.69, 9.17) is 5.21 Å². The Hall–Kier alpha value is -2.93. The third-order valence-electron chi connectivity index (χ3n) is 3.94. The molecule has 2 aromatic rings. The summed E-state index contributed by atoms with van der Waals surface area (Å²) in [4.78, 5) is 31.7. The fraction of sp³-hybridized carbons (Fsp3) is 0.235. The minimum atomic E-state index is -0.570. The topological polar surface area (TPSA) is 85.8 Å². The van der Waals surface area contributed by atoms with Crippen molar-refractivity contribution in [2.75, 3.05) is 18.0 Å². The third-order valence-corrected chi connectivity index (χ3v) is 3.94. The zero-order valence-corrected chi connectivity index (χ0v) is 13.1. The van der Waals surface area contributed by atoms with Gasteiger partial charge in [-0.3, -0.25) is 14.9 Å². The van der Waals surface area contributed by atoms with Crippen molar-refractivity contribution < 1.29 is 14.8 Å². The highest BCUT2D eigenvalue weighted by Crippen LogP contribution is 2.19. The highest BCUT2D eigenvalue weighted by atomic mass is 16.5. The predicted molar refractivity (Wildman–Crippen MR) is 87.7 cm³/mol. The zero-order valence-electron chi connectivity index (χ0n) is 13.1. The first kappa shape index (κ1) is 15.9. The van der Waals surface area contributed by atoms with Crippen molar-refractivity contribution in [2.45, 2.75) is 13.0 Å². The average Bonchev–Trinajstić information content (AvgIpc) is 2.58. The number of amides is 3. The largest absolute Gasteiger partial charge is 0.325 e. The highest BCUT2D eigenvalue weighted by Gasteiger charge is 2.27. The lowest BCUT2D eigenvalue weighted by Gasteiger charge is -2.35. The lowest BCUT2D eigenvalue weighted by molar-refractivity contribution is 0.0706. The van der Waals surface area contributed by atoms with E-state index in [0.29, 0.717) is 17.9 Å². The molecule has 24 heavy (non-hydrogen) atoms. The van der Waals surface area contributed by atoms with Gasteiger partial charge in [0.15, 0.2) is 0 Å². The van der Waals surface area contributed by atoms with Crippen LogP contribution >= 0.6 is 0 Å². The van der Waals surface area contributed by atoms with Gasteiger partial charge in [-0.15, -0.1) is 0 Å². The van der Waals surface area contributed by atoms with Gasteiger partial charge in [0.1, 0.15) is 5.82 Å². The summed E-state index contributed by atoms with van der Waals surface area (Å²) in [5, 5.41) is 8.65. The van der Waals surface area contributed by atoms with Crippen molar-refractivity contribution in [3.8, 4) is 0 Å². The second-order valence-corrected chi connectivity index (χ2v) is 5.54. The summed E-state index contributed by atoms with van der Waals surface area (Å²) in [5.41, 5.74) is 2.81. The quantitative estimate of drug-likeness (QED) is 0.665. The summed E-state index contributed by atoms with van der Waals surface area (Å²) >= 11 is 0. The maximum atomic E-state index is 12.7. The van der Waals surface area contributed by atoms with Crippen LogP contribution in [-0.2, 0) is 6.54 Å². The average molecular weight is 326 g/mol. The van der Waals surface area contributed by atoms with Gasteiger partial charge in [0.25, 0.3) is 5.91 Å². The number of pyridine rings is 1. The SMILES string of the molecule is O=C(NO)c1ccc(CN(C(=O)N2CCC2)c2ccccn2)cc1. The Morgan fingerprint density at radius 3 is 2.46 bits per heavy atom. The van der Waals surface area contributed by atoms with Gasteiger partial charge in [-0.1, -0.05) is 18.2 Å². The molecule has 1 saturated heterocycles. The number of nitrogens with zero attached hydrogens (tertiary/aromatic N) is 3. The number of rotatable bonds is 4. The molecule has 3 amide bonds. The molecule has 0 saturated carbocycles. The van der Waals surface area contributed by atoms with Crippen LogP contribution in [0.4, 0.5) is 10.6 Å². The van der Waals surface area contributed by atoms with E-state index < -0.39 is 5.91 Å². The first-order valence-corrected chi connectivity index (χ1v) is 7.70. The number of nitrogens with one attached hydrogen (secondary N) is 1. The number of hydrogen-bond acceptors (Lipinski definition) is 4. The van der Waals surface area contributed by atoms with Gasteiger partial charge in [-0.25, -0.2) is 15.3 Å². The number of likely N-dealkylation sites (tertiary alicyclic amines) is 1. The van der Waals surface area contributed by atoms with E-state index in [2.05, 4.69) is 4.98 Å². The molecule has 7 heteroatoms. The Kier molecular flexibility index (Phi) is 4.72. The Bertz CT molecular complexity index is 714. The van der Waals surface area contributed by atoms with Crippen LogP contribution in [0, 0.1) is 0 Å². The van der Waals surface area contributed by atoms with Gasteiger partial charge in [0.2, 0.25) is 0 Å². The molecular formula is C17H18N4O3. The number of hydrogen-bond donors (Lipinski definition) is 2. The van der Waals surface area contributed by atoms with Gasteiger partial charge in [0, 0.05) is 24.8 Å². The highest BCUT2D eigenvalue weighted by molar-refractivity contribution is 5.93. The maximum Gasteiger partial charge on any atom is 0.325 e. The fourth-order valence-electron chi connectivity index (χ4n) is 2.45. The van der Waals surface area contributed by atoms with Crippen LogP contribution in [0.1, 0.15) is 22.3 Å². The maximum absolute atomic E-state index is 12.7. The minimum Gasteiger partial charge on any atom is -0.324 e. The van der Waals surface area contributed by atoms with E-state index >= 15 is 0 Å². The lowest BCUT2D eigenvalue weighted by atomic mass is 10.1. The first-order chi connectivity index (χ1) is 11.7. The Morgan fingerprint density at radius 1 is 1.17 bits per heavy atom. The first-order valence-electron chi connectivity index (χ1n) is 7.70. The van der Waals surface area contributed by atoms with Gasteiger partial charge in [-0.05, 0) is 36.2 Å². The third kappa shape index (κ3) is 3.36. The molecule has 0 unspecified atom stereocenters. The van der Waals surface area contributed by atoms with Gasteiger partial charge < -0.3 is 4.90 Å². The molecule has 3 rings (SSSR count). The summed E-state index contributed by atoms with van der Waals surface area (Å²) in [6.07, 6.45) is 2.67. The van der Waals surface area contributed by atoms with Crippen LogP contribution in [0.3, 0.4) is 0 Å². The zero-order chi connectivity index (χ0) is 16.9. The van der Waals surface area contributed by atoms with Crippen molar-refractivity contribution in [1.29, 1.82) is 0 Å². The molecule has 0 aliphatic carbocycles.